The van der Waals surface area contributed by atoms with Gasteiger partial charge in [0.25, 0.3) is 0 Å². The lowest BCUT2D eigenvalue weighted by Gasteiger charge is -2.28. The van der Waals surface area contributed by atoms with Crippen LogP contribution in [0.15, 0.2) is 41.0 Å². The van der Waals surface area contributed by atoms with Gasteiger partial charge in [0, 0.05) is 16.5 Å². The zero-order valence-electron chi connectivity index (χ0n) is 16.7. The van der Waals surface area contributed by atoms with E-state index in [2.05, 4.69) is 9.36 Å². The molecule has 0 amide bonds. The van der Waals surface area contributed by atoms with Crippen molar-refractivity contribution in [1.29, 1.82) is 0 Å². The highest BCUT2D eigenvalue weighted by Crippen LogP contribution is 2.36. The number of thioether (sulfide) groups is 1. The maximum atomic E-state index is 11.3. The van der Waals surface area contributed by atoms with Crippen LogP contribution in [0.5, 0.6) is 0 Å². The maximum absolute atomic E-state index is 11.3. The first kappa shape index (κ1) is 21.9. The molecule has 0 radical (unpaired) electrons. The van der Waals surface area contributed by atoms with Gasteiger partial charge in [0.2, 0.25) is 0 Å². The largest absolute Gasteiger partial charge is 0.480 e. The molecule has 1 atom stereocenters. The minimum absolute atomic E-state index is 0.126. The van der Waals surface area contributed by atoms with Crippen molar-refractivity contribution in [3.63, 3.8) is 0 Å². The van der Waals surface area contributed by atoms with Crippen LogP contribution in [-0.2, 0) is 15.3 Å². The van der Waals surface area contributed by atoms with Crippen LogP contribution in [-0.4, -0.2) is 26.0 Å². The summed E-state index contributed by atoms with van der Waals surface area (Å²) in [5.41, 5.74) is 0.716. The van der Waals surface area contributed by atoms with Gasteiger partial charge >= 0.3 is 5.97 Å². The lowest BCUT2D eigenvalue weighted by Crippen LogP contribution is -2.35. The molecule has 0 saturated carbocycles. The summed E-state index contributed by atoms with van der Waals surface area (Å²) < 4.78 is 10.2. The highest BCUT2D eigenvalue weighted by molar-refractivity contribution is 8.02. The number of nitrogens with zero attached hydrogens (tertiary/aromatic N) is 2. The van der Waals surface area contributed by atoms with E-state index < -0.39 is 11.6 Å². The summed E-state index contributed by atoms with van der Waals surface area (Å²) in [5.74, 6) is 1.29. The Morgan fingerprint density at radius 1 is 1.41 bits per heavy atom. The lowest BCUT2D eigenvalue weighted by atomic mass is 9.99. The predicted octanol–water partition coefficient (Wildman–Crippen LogP) is 6.09. The summed E-state index contributed by atoms with van der Waals surface area (Å²) in [5, 5.41) is 10.9. The molecule has 29 heavy (non-hydrogen) atoms. The molecule has 8 heteroatoms. The van der Waals surface area contributed by atoms with Crippen LogP contribution in [0, 0.1) is 12.8 Å². The molecule has 3 rings (SSSR count). The molecule has 1 aromatic heterocycles. The predicted molar refractivity (Wildman–Crippen MR) is 119 cm³/mol. The van der Waals surface area contributed by atoms with Gasteiger partial charge in [-0.3, -0.25) is 0 Å². The molecule has 1 aliphatic carbocycles. The number of carbonyl (C=O) groups is 1. The molecule has 0 spiro atoms. The molecule has 5 nitrogen and oxygen atoms in total. The van der Waals surface area contributed by atoms with E-state index in [9.17, 15) is 9.90 Å². The standard InChI is InChI=1S/C21H23ClN2O3S2/c1-12-5-6-14(10-16(12)22)19-23-18(29-24-19)11-28-15-7-8-17(13(2)9-15)27-21(3,4)20(25)26/h5-8,10,13H,9,11H2,1-4H3,(H,25,26). The number of aromatic nitrogens is 2. The Labute approximate surface area is 184 Å². The highest BCUT2D eigenvalue weighted by Gasteiger charge is 2.32. The van der Waals surface area contributed by atoms with E-state index in [1.54, 1.807) is 25.6 Å². The number of carboxylic acids is 1. The number of aryl methyl sites for hydroxylation is 1. The first-order valence-corrected chi connectivity index (χ1v) is 11.3. The Bertz CT molecular complexity index is 982. The van der Waals surface area contributed by atoms with Crippen LogP contribution in [0.2, 0.25) is 5.02 Å². The average Bonchev–Trinajstić information content (AvgIpc) is 3.13. The molecule has 0 saturated heterocycles. The summed E-state index contributed by atoms with van der Waals surface area (Å²) in [6.07, 6.45) is 4.69. The smallest absolute Gasteiger partial charge is 0.347 e. The fraction of sp³-hybridized carbons (Fsp3) is 0.381. The second-order valence-electron chi connectivity index (χ2n) is 7.49. The second kappa shape index (κ2) is 8.90. The van der Waals surface area contributed by atoms with Crippen LogP contribution in [0.3, 0.4) is 0 Å². The Balaban J connectivity index is 1.63. The Morgan fingerprint density at radius 2 is 2.17 bits per heavy atom. The molecule has 0 bridgehead atoms. The molecular formula is C21H23ClN2O3S2. The molecule has 2 aromatic rings. The minimum atomic E-state index is -1.24. The Morgan fingerprint density at radius 3 is 2.83 bits per heavy atom. The quantitative estimate of drug-likeness (QED) is 0.550. The normalized spacial score (nSPS) is 16.9. The number of carboxylic acid groups (broad SMARTS) is 1. The van der Waals surface area contributed by atoms with E-state index in [4.69, 9.17) is 16.3 Å². The summed E-state index contributed by atoms with van der Waals surface area (Å²) >= 11 is 9.32. The van der Waals surface area contributed by atoms with Crippen molar-refractivity contribution in [1.82, 2.24) is 9.36 Å². The number of halogens is 1. The summed E-state index contributed by atoms with van der Waals surface area (Å²) in [7, 11) is 0. The number of hydrogen-bond donors (Lipinski definition) is 1. The van der Waals surface area contributed by atoms with Crippen molar-refractivity contribution < 1.29 is 14.6 Å². The number of aliphatic carboxylic acids is 1. The third-order valence-corrected chi connectivity index (χ3v) is 6.99. The third kappa shape index (κ3) is 5.41. The molecule has 0 aliphatic heterocycles. The van der Waals surface area contributed by atoms with Gasteiger partial charge in [-0.1, -0.05) is 30.7 Å². The number of rotatable bonds is 7. The van der Waals surface area contributed by atoms with Gasteiger partial charge in [-0.15, -0.1) is 11.8 Å². The number of allylic oxidation sites excluding steroid dienone is 4. The van der Waals surface area contributed by atoms with Crippen molar-refractivity contribution in [2.75, 3.05) is 0 Å². The van der Waals surface area contributed by atoms with Gasteiger partial charge in [0.15, 0.2) is 11.4 Å². The second-order valence-corrected chi connectivity index (χ2v) is 9.83. The van der Waals surface area contributed by atoms with Gasteiger partial charge < -0.3 is 9.84 Å². The molecular weight excluding hydrogens is 428 g/mol. The zero-order chi connectivity index (χ0) is 21.2. The van der Waals surface area contributed by atoms with Crippen LogP contribution in [0.25, 0.3) is 11.4 Å². The summed E-state index contributed by atoms with van der Waals surface area (Å²) in [4.78, 5) is 17.1. The highest BCUT2D eigenvalue weighted by atomic mass is 35.5. The van der Waals surface area contributed by atoms with Crippen LogP contribution in [0.1, 0.15) is 37.8 Å². The molecule has 1 aromatic carbocycles. The minimum Gasteiger partial charge on any atom is -0.480 e. The first-order chi connectivity index (χ1) is 13.7. The number of ether oxygens (including phenoxy) is 1. The van der Waals surface area contributed by atoms with Gasteiger partial charge in [-0.25, -0.2) is 9.78 Å². The van der Waals surface area contributed by atoms with E-state index in [-0.39, 0.29) is 5.92 Å². The number of hydrogen-bond acceptors (Lipinski definition) is 6. The van der Waals surface area contributed by atoms with E-state index in [1.165, 1.54) is 16.4 Å². The van der Waals surface area contributed by atoms with Crippen molar-refractivity contribution in [3.8, 4) is 11.4 Å². The third-order valence-electron chi connectivity index (χ3n) is 4.59. The van der Waals surface area contributed by atoms with E-state index >= 15 is 0 Å². The van der Waals surface area contributed by atoms with Gasteiger partial charge in [-0.2, -0.15) is 4.37 Å². The molecule has 1 N–H and O–H groups in total. The lowest BCUT2D eigenvalue weighted by molar-refractivity contribution is -0.157. The van der Waals surface area contributed by atoms with E-state index in [0.29, 0.717) is 16.6 Å². The van der Waals surface area contributed by atoms with Crippen LogP contribution < -0.4 is 0 Å². The average molecular weight is 451 g/mol. The van der Waals surface area contributed by atoms with Crippen molar-refractivity contribution in [2.24, 2.45) is 5.92 Å². The number of benzene rings is 1. The Kier molecular flexibility index (Phi) is 6.71. The zero-order valence-corrected chi connectivity index (χ0v) is 19.1. The van der Waals surface area contributed by atoms with E-state index in [0.717, 1.165) is 28.3 Å². The van der Waals surface area contributed by atoms with Crippen LogP contribution >= 0.6 is 34.9 Å². The fourth-order valence-electron chi connectivity index (χ4n) is 2.71. The van der Waals surface area contributed by atoms with Crippen LogP contribution in [0.4, 0.5) is 0 Å². The van der Waals surface area contributed by atoms with Crippen molar-refractivity contribution in [2.45, 2.75) is 45.5 Å². The molecule has 1 aliphatic rings. The molecule has 1 unspecified atom stereocenters. The first-order valence-electron chi connectivity index (χ1n) is 9.21. The maximum Gasteiger partial charge on any atom is 0.347 e. The monoisotopic (exact) mass is 450 g/mol. The summed E-state index contributed by atoms with van der Waals surface area (Å²) in [6, 6.07) is 5.85. The van der Waals surface area contributed by atoms with Crippen molar-refractivity contribution in [3.05, 3.63) is 56.6 Å². The molecule has 0 fully saturated rings. The fourth-order valence-corrected chi connectivity index (χ4v) is 4.65. The van der Waals surface area contributed by atoms with Crippen molar-refractivity contribution >= 4 is 40.9 Å². The van der Waals surface area contributed by atoms with Gasteiger partial charge in [0.05, 0.1) is 5.75 Å². The van der Waals surface area contributed by atoms with E-state index in [1.807, 2.05) is 44.2 Å². The molecule has 154 valence electrons. The summed E-state index contributed by atoms with van der Waals surface area (Å²) in [6.45, 7) is 7.13. The topological polar surface area (TPSA) is 72.3 Å². The SMILES string of the molecule is Cc1ccc(-c2nsc(CSC3=CC=C(OC(C)(C)C(=O)O)C(C)C3)n2)cc1Cl. The molecule has 1 heterocycles. The van der Waals surface area contributed by atoms with Gasteiger partial charge in [0.1, 0.15) is 10.8 Å². The Hall–Kier alpha value is -1.83. The van der Waals surface area contributed by atoms with Gasteiger partial charge in [-0.05, 0) is 67.4 Å².